The van der Waals surface area contributed by atoms with Gasteiger partial charge in [-0.2, -0.15) is 0 Å². The molecule has 126 valence electrons. The van der Waals surface area contributed by atoms with E-state index in [1.807, 2.05) is 39.0 Å². The third-order valence-electron chi connectivity index (χ3n) is 3.62. The number of ether oxygens (including phenoxy) is 1. The van der Waals surface area contributed by atoms with Gasteiger partial charge in [0.1, 0.15) is 5.60 Å². The second-order valence-electron chi connectivity index (χ2n) is 6.63. The molecule has 5 nitrogen and oxygen atoms in total. The monoisotopic (exact) mass is 382 g/mol. The van der Waals surface area contributed by atoms with Crippen LogP contribution in [0.5, 0.6) is 0 Å². The molecule has 1 fully saturated rings. The van der Waals surface area contributed by atoms with Gasteiger partial charge in [-0.15, -0.1) is 0 Å². The Morgan fingerprint density at radius 2 is 1.96 bits per heavy atom. The van der Waals surface area contributed by atoms with E-state index < -0.39 is 5.60 Å². The van der Waals surface area contributed by atoms with Gasteiger partial charge in [0.25, 0.3) is 0 Å². The molecule has 0 N–H and O–H groups in total. The fourth-order valence-electron chi connectivity index (χ4n) is 2.49. The van der Waals surface area contributed by atoms with Crippen molar-refractivity contribution >= 4 is 34.0 Å². The lowest BCUT2D eigenvalue weighted by Gasteiger charge is -2.27. The van der Waals surface area contributed by atoms with Gasteiger partial charge in [0.05, 0.1) is 0 Å². The van der Waals surface area contributed by atoms with Crippen molar-refractivity contribution in [2.45, 2.75) is 32.8 Å². The Morgan fingerprint density at radius 1 is 1.22 bits per heavy atom. The van der Waals surface area contributed by atoms with Gasteiger partial charge in [0.15, 0.2) is 6.29 Å². The van der Waals surface area contributed by atoms with E-state index in [2.05, 4.69) is 20.8 Å². The summed E-state index contributed by atoms with van der Waals surface area (Å²) < 4.78 is 6.24. The summed E-state index contributed by atoms with van der Waals surface area (Å²) in [5, 5.41) is 0. The average molecular weight is 383 g/mol. The number of rotatable bonds is 2. The zero-order chi connectivity index (χ0) is 17.0. The highest BCUT2D eigenvalue weighted by Gasteiger charge is 2.24. The topological polar surface area (TPSA) is 49.9 Å². The Kier molecular flexibility index (Phi) is 5.68. The molecule has 0 aliphatic carbocycles. The van der Waals surface area contributed by atoms with Gasteiger partial charge in [-0.05, 0) is 61.3 Å². The Labute approximate surface area is 145 Å². The van der Waals surface area contributed by atoms with Crippen LogP contribution >= 0.6 is 15.9 Å². The number of anilines is 1. The molecule has 0 saturated carbocycles. The molecule has 1 amide bonds. The fourth-order valence-corrected chi connectivity index (χ4v) is 2.95. The first-order chi connectivity index (χ1) is 10.8. The Bertz CT molecular complexity index is 584. The highest BCUT2D eigenvalue weighted by atomic mass is 79.9. The van der Waals surface area contributed by atoms with Gasteiger partial charge < -0.3 is 14.5 Å². The minimum atomic E-state index is -0.474. The van der Waals surface area contributed by atoms with Gasteiger partial charge in [-0.1, -0.05) is 0 Å². The maximum Gasteiger partial charge on any atom is 0.410 e. The molecule has 0 unspecified atom stereocenters. The van der Waals surface area contributed by atoms with Gasteiger partial charge >= 0.3 is 6.09 Å². The number of hydrogen-bond donors (Lipinski definition) is 0. The highest BCUT2D eigenvalue weighted by Crippen LogP contribution is 2.24. The SMILES string of the molecule is CC(C)(C)OC(=O)N1CCCN(c2ccc(C=O)c(Br)c2)CC1. The van der Waals surface area contributed by atoms with Crippen molar-refractivity contribution in [3.63, 3.8) is 0 Å². The van der Waals surface area contributed by atoms with Crippen LogP contribution in [0.4, 0.5) is 10.5 Å². The van der Waals surface area contributed by atoms with Gasteiger partial charge in [0.2, 0.25) is 0 Å². The molecule has 1 aliphatic heterocycles. The van der Waals surface area contributed by atoms with E-state index in [9.17, 15) is 9.59 Å². The van der Waals surface area contributed by atoms with E-state index in [1.165, 1.54) is 0 Å². The minimum absolute atomic E-state index is 0.253. The van der Waals surface area contributed by atoms with E-state index in [4.69, 9.17) is 4.74 Å². The molecule has 0 atom stereocenters. The summed E-state index contributed by atoms with van der Waals surface area (Å²) in [4.78, 5) is 27.1. The molecule has 0 aromatic heterocycles. The maximum atomic E-state index is 12.2. The summed E-state index contributed by atoms with van der Waals surface area (Å²) >= 11 is 3.42. The lowest BCUT2D eigenvalue weighted by molar-refractivity contribution is 0.0263. The van der Waals surface area contributed by atoms with Crippen LogP contribution < -0.4 is 4.90 Å². The molecule has 1 heterocycles. The largest absolute Gasteiger partial charge is 0.444 e. The normalized spacial score (nSPS) is 16.0. The van der Waals surface area contributed by atoms with Crippen LogP contribution in [0.2, 0.25) is 0 Å². The first kappa shape index (κ1) is 17.8. The minimum Gasteiger partial charge on any atom is -0.444 e. The predicted octanol–water partition coefficient (Wildman–Crippen LogP) is 3.71. The van der Waals surface area contributed by atoms with E-state index in [1.54, 1.807) is 4.90 Å². The molecule has 1 saturated heterocycles. The Morgan fingerprint density at radius 3 is 2.57 bits per heavy atom. The van der Waals surface area contributed by atoms with Crippen LogP contribution in [0.3, 0.4) is 0 Å². The Balaban J connectivity index is 2.02. The van der Waals surface area contributed by atoms with E-state index in [0.29, 0.717) is 18.7 Å². The fraction of sp³-hybridized carbons (Fsp3) is 0.529. The van der Waals surface area contributed by atoms with Crippen molar-refractivity contribution in [2.24, 2.45) is 0 Å². The standard InChI is InChI=1S/C17H23BrN2O3/c1-17(2,3)23-16(22)20-8-4-7-19(9-10-20)14-6-5-13(12-21)15(18)11-14/h5-6,11-12H,4,7-10H2,1-3H3. The van der Waals surface area contributed by atoms with Crippen LogP contribution in [0.1, 0.15) is 37.6 Å². The van der Waals surface area contributed by atoms with E-state index >= 15 is 0 Å². The zero-order valence-corrected chi connectivity index (χ0v) is 15.4. The summed E-state index contributed by atoms with van der Waals surface area (Å²) in [5.74, 6) is 0. The number of carbonyl (C=O) groups is 2. The first-order valence-electron chi connectivity index (χ1n) is 7.78. The third kappa shape index (κ3) is 4.96. The van der Waals surface area contributed by atoms with Crippen molar-refractivity contribution in [1.29, 1.82) is 0 Å². The second-order valence-corrected chi connectivity index (χ2v) is 7.49. The molecule has 6 heteroatoms. The lowest BCUT2D eigenvalue weighted by atomic mass is 10.2. The second kappa shape index (κ2) is 7.34. The summed E-state index contributed by atoms with van der Waals surface area (Å²) in [6.45, 7) is 8.56. The molecule has 0 radical (unpaired) electrons. The molecule has 0 spiro atoms. The lowest BCUT2D eigenvalue weighted by Crippen LogP contribution is -2.39. The van der Waals surface area contributed by atoms with E-state index in [-0.39, 0.29) is 6.09 Å². The predicted molar refractivity (Wildman–Crippen MR) is 94.2 cm³/mol. The van der Waals surface area contributed by atoms with Crippen molar-refractivity contribution in [2.75, 3.05) is 31.1 Å². The van der Waals surface area contributed by atoms with E-state index in [0.717, 1.165) is 36.0 Å². The molecule has 1 aromatic rings. The summed E-state index contributed by atoms with van der Waals surface area (Å²) in [7, 11) is 0. The number of carbonyl (C=O) groups excluding carboxylic acids is 2. The van der Waals surface area contributed by atoms with Crippen molar-refractivity contribution in [3.8, 4) is 0 Å². The summed E-state index contributed by atoms with van der Waals surface area (Å²) in [6, 6.07) is 5.70. The summed E-state index contributed by atoms with van der Waals surface area (Å²) in [5.41, 5.74) is 1.21. The molecule has 1 aromatic carbocycles. The third-order valence-corrected chi connectivity index (χ3v) is 4.31. The molecule has 0 bridgehead atoms. The molecular weight excluding hydrogens is 360 g/mol. The van der Waals surface area contributed by atoms with Gasteiger partial charge in [-0.25, -0.2) is 4.79 Å². The van der Waals surface area contributed by atoms with Crippen LogP contribution in [-0.2, 0) is 4.74 Å². The van der Waals surface area contributed by atoms with Crippen LogP contribution in [0.25, 0.3) is 0 Å². The summed E-state index contributed by atoms with van der Waals surface area (Å²) in [6.07, 6.45) is 1.46. The molecule has 2 rings (SSSR count). The van der Waals surface area contributed by atoms with Crippen LogP contribution in [0, 0.1) is 0 Å². The quantitative estimate of drug-likeness (QED) is 0.731. The number of aldehydes is 1. The zero-order valence-electron chi connectivity index (χ0n) is 13.8. The van der Waals surface area contributed by atoms with Crippen LogP contribution in [-0.4, -0.2) is 49.1 Å². The van der Waals surface area contributed by atoms with Crippen molar-refractivity contribution < 1.29 is 14.3 Å². The molecule has 23 heavy (non-hydrogen) atoms. The smallest absolute Gasteiger partial charge is 0.410 e. The van der Waals surface area contributed by atoms with Crippen LogP contribution in [0.15, 0.2) is 22.7 Å². The average Bonchev–Trinajstić information content (AvgIpc) is 2.71. The van der Waals surface area contributed by atoms with Crippen molar-refractivity contribution in [1.82, 2.24) is 4.90 Å². The molecule has 1 aliphatic rings. The number of hydrogen-bond acceptors (Lipinski definition) is 4. The van der Waals surface area contributed by atoms with Gasteiger partial charge in [0, 0.05) is 41.9 Å². The number of benzene rings is 1. The number of amides is 1. The number of halogens is 1. The maximum absolute atomic E-state index is 12.2. The van der Waals surface area contributed by atoms with Gasteiger partial charge in [-0.3, -0.25) is 4.79 Å². The number of nitrogens with zero attached hydrogens (tertiary/aromatic N) is 2. The first-order valence-corrected chi connectivity index (χ1v) is 8.57. The molecular formula is C17H23BrN2O3. The highest BCUT2D eigenvalue weighted by molar-refractivity contribution is 9.10. The Hall–Kier alpha value is -1.56. The van der Waals surface area contributed by atoms with Crippen molar-refractivity contribution in [3.05, 3.63) is 28.2 Å².